The van der Waals surface area contributed by atoms with Crippen molar-refractivity contribution in [3.05, 3.63) is 24.3 Å². The maximum absolute atomic E-state index is 11.9. The number of hydrogen-bond acceptors (Lipinski definition) is 5. The third kappa shape index (κ3) is 2.89. The van der Waals surface area contributed by atoms with Gasteiger partial charge in [-0.15, -0.1) is 0 Å². The highest BCUT2D eigenvalue weighted by molar-refractivity contribution is 5.95. The molecule has 1 aromatic heterocycles. The van der Waals surface area contributed by atoms with Crippen LogP contribution in [0.2, 0.25) is 0 Å². The van der Waals surface area contributed by atoms with Crippen LogP contribution < -0.4 is 0 Å². The van der Waals surface area contributed by atoms with Gasteiger partial charge in [0.05, 0.1) is 12.7 Å². The minimum Gasteiger partial charge on any atom is -0.480 e. The summed E-state index contributed by atoms with van der Waals surface area (Å²) in [4.78, 5) is 32.5. The predicted octanol–water partition coefficient (Wildman–Crippen LogP) is 0.598. The molecule has 1 atom stereocenters. The Hall–Kier alpha value is -1.82. The van der Waals surface area contributed by atoms with Gasteiger partial charge in [0.1, 0.15) is 11.7 Å². The summed E-state index contributed by atoms with van der Waals surface area (Å²) in [6.45, 7) is 0.735. The number of hydrogen-bond donors (Lipinski definition) is 1. The Bertz CT molecular complexity index is 435. The van der Waals surface area contributed by atoms with E-state index in [1.165, 1.54) is 18.6 Å². The third-order valence-corrected chi connectivity index (χ3v) is 3.09. The predicted molar refractivity (Wildman–Crippen MR) is 63.2 cm³/mol. The number of aromatic nitrogens is 2. The van der Waals surface area contributed by atoms with Crippen molar-refractivity contribution in [3.63, 3.8) is 0 Å². The highest BCUT2D eigenvalue weighted by atomic mass is 16.4. The first-order valence-corrected chi connectivity index (χ1v) is 5.94. The molecule has 1 aliphatic heterocycles. The van der Waals surface area contributed by atoms with Crippen LogP contribution in [0.1, 0.15) is 29.8 Å². The van der Waals surface area contributed by atoms with E-state index in [4.69, 9.17) is 5.11 Å². The molecule has 0 radical (unpaired) electrons. The largest absolute Gasteiger partial charge is 0.480 e. The number of carbonyl (C=O) groups is 2. The second-order valence-electron chi connectivity index (χ2n) is 4.33. The minimum absolute atomic E-state index is 0.0929. The summed E-state index contributed by atoms with van der Waals surface area (Å²) in [5.41, 5.74) is 0.284. The molecule has 1 N–H and O–H groups in total. The Morgan fingerprint density at radius 3 is 2.89 bits per heavy atom. The summed E-state index contributed by atoms with van der Waals surface area (Å²) < 4.78 is 0. The summed E-state index contributed by atoms with van der Waals surface area (Å²) in [7, 11) is 0. The standard InChI is InChI=1S/C12H15N3O3/c16-11(9-7-13-4-5-14-9)8-15-6-2-1-3-10(15)12(17)18/h4-5,7,10H,1-3,6,8H2,(H,17,18). The van der Waals surface area contributed by atoms with Crippen LogP contribution >= 0.6 is 0 Å². The molecule has 1 saturated heterocycles. The van der Waals surface area contributed by atoms with Crippen molar-refractivity contribution in [1.82, 2.24) is 14.9 Å². The van der Waals surface area contributed by atoms with Gasteiger partial charge >= 0.3 is 5.97 Å². The van der Waals surface area contributed by atoms with Crippen molar-refractivity contribution >= 4 is 11.8 Å². The van der Waals surface area contributed by atoms with Crippen LogP contribution in [0.5, 0.6) is 0 Å². The van der Waals surface area contributed by atoms with Crippen LogP contribution in [0.4, 0.5) is 0 Å². The summed E-state index contributed by atoms with van der Waals surface area (Å²) in [5, 5.41) is 9.11. The van der Waals surface area contributed by atoms with Gasteiger partial charge in [-0.25, -0.2) is 4.98 Å². The number of likely N-dealkylation sites (tertiary alicyclic amines) is 1. The van der Waals surface area contributed by atoms with Crippen LogP contribution in [0.15, 0.2) is 18.6 Å². The normalized spacial score (nSPS) is 20.6. The maximum Gasteiger partial charge on any atom is 0.320 e. The third-order valence-electron chi connectivity index (χ3n) is 3.09. The van der Waals surface area contributed by atoms with Crippen molar-refractivity contribution in [3.8, 4) is 0 Å². The fraction of sp³-hybridized carbons (Fsp3) is 0.500. The molecule has 0 amide bonds. The molecule has 0 aromatic carbocycles. The molecule has 1 aliphatic rings. The molecule has 0 bridgehead atoms. The van der Waals surface area contributed by atoms with Gasteiger partial charge in [0, 0.05) is 12.4 Å². The lowest BCUT2D eigenvalue weighted by Crippen LogP contribution is -2.46. The van der Waals surface area contributed by atoms with E-state index in [0.717, 1.165) is 12.8 Å². The number of Topliss-reactive ketones (excluding diaryl/α,β-unsaturated/α-hetero) is 1. The lowest BCUT2D eigenvalue weighted by Gasteiger charge is -2.31. The molecule has 0 aliphatic carbocycles. The second kappa shape index (κ2) is 5.68. The SMILES string of the molecule is O=C(CN1CCCCC1C(=O)O)c1cnccn1. The molecule has 2 rings (SSSR count). The number of ketones is 1. The molecule has 0 spiro atoms. The summed E-state index contributed by atoms with van der Waals surface area (Å²) in [5.74, 6) is -1.04. The van der Waals surface area contributed by atoms with E-state index in [9.17, 15) is 9.59 Å². The molecular weight excluding hydrogens is 234 g/mol. The number of carboxylic acids is 1. The smallest absolute Gasteiger partial charge is 0.320 e. The molecule has 1 fully saturated rings. The van der Waals surface area contributed by atoms with Crippen LogP contribution in [0.25, 0.3) is 0 Å². The average molecular weight is 249 g/mol. The maximum atomic E-state index is 11.9. The van der Waals surface area contributed by atoms with Crippen molar-refractivity contribution in [2.45, 2.75) is 25.3 Å². The quantitative estimate of drug-likeness (QED) is 0.787. The number of rotatable bonds is 4. The molecule has 2 heterocycles. The van der Waals surface area contributed by atoms with Gasteiger partial charge in [-0.1, -0.05) is 6.42 Å². The van der Waals surface area contributed by atoms with Gasteiger partial charge in [-0.2, -0.15) is 0 Å². The molecule has 6 heteroatoms. The zero-order valence-electron chi connectivity index (χ0n) is 9.95. The van der Waals surface area contributed by atoms with E-state index in [1.807, 2.05) is 0 Å². The zero-order valence-corrected chi connectivity index (χ0v) is 9.95. The van der Waals surface area contributed by atoms with E-state index in [1.54, 1.807) is 4.90 Å². The van der Waals surface area contributed by atoms with Crippen molar-refractivity contribution < 1.29 is 14.7 Å². The Kier molecular flexibility index (Phi) is 3.99. The Labute approximate surface area is 105 Å². The van der Waals surface area contributed by atoms with E-state index in [2.05, 4.69) is 9.97 Å². The van der Waals surface area contributed by atoms with E-state index in [-0.39, 0.29) is 18.0 Å². The van der Waals surface area contributed by atoms with Gasteiger partial charge in [0.2, 0.25) is 0 Å². The lowest BCUT2D eigenvalue weighted by atomic mass is 10.0. The molecule has 18 heavy (non-hydrogen) atoms. The van der Waals surface area contributed by atoms with Crippen LogP contribution in [0.3, 0.4) is 0 Å². The zero-order chi connectivity index (χ0) is 13.0. The minimum atomic E-state index is -0.860. The topological polar surface area (TPSA) is 83.4 Å². The second-order valence-corrected chi connectivity index (χ2v) is 4.33. The number of nitrogens with zero attached hydrogens (tertiary/aromatic N) is 3. The monoisotopic (exact) mass is 249 g/mol. The fourth-order valence-electron chi connectivity index (χ4n) is 2.17. The van der Waals surface area contributed by atoms with Gasteiger partial charge in [0.15, 0.2) is 5.78 Å². The molecule has 1 aromatic rings. The van der Waals surface area contributed by atoms with Crippen molar-refractivity contribution in [2.24, 2.45) is 0 Å². The van der Waals surface area contributed by atoms with Gasteiger partial charge < -0.3 is 5.11 Å². The first kappa shape index (κ1) is 12.6. The van der Waals surface area contributed by atoms with Crippen molar-refractivity contribution in [2.75, 3.05) is 13.1 Å². The van der Waals surface area contributed by atoms with E-state index in [0.29, 0.717) is 13.0 Å². The molecule has 96 valence electrons. The molecule has 6 nitrogen and oxygen atoms in total. The Morgan fingerprint density at radius 1 is 1.39 bits per heavy atom. The van der Waals surface area contributed by atoms with Crippen LogP contribution in [0, 0.1) is 0 Å². The number of carbonyl (C=O) groups excluding carboxylic acids is 1. The van der Waals surface area contributed by atoms with Crippen LogP contribution in [-0.2, 0) is 4.79 Å². The first-order valence-electron chi connectivity index (χ1n) is 5.94. The van der Waals surface area contributed by atoms with Crippen molar-refractivity contribution in [1.29, 1.82) is 0 Å². The van der Waals surface area contributed by atoms with E-state index >= 15 is 0 Å². The summed E-state index contributed by atoms with van der Waals surface area (Å²) in [6.07, 6.45) is 6.78. The van der Waals surface area contributed by atoms with E-state index < -0.39 is 12.0 Å². The Balaban J connectivity index is 2.03. The molecule has 1 unspecified atom stereocenters. The van der Waals surface area contributed by atoms with Gasteiger partial charge in [0.25, 0.3) is 0 Å². The highest BCUT2D eigenvalue weighted by Crippen LogP contribution is 2.17. The molecular formula is C12H15N3O3. The number of aliphatic carboxylic acids is 1. The average Bonchev–Trinajstić information content (AvgIpc) is 2.40. The summed E-state index contributed by atoms with van der Waals surface area (Å²) >= 11 is 0. The van der Waals surface area contributed by atoms with Gasteiger partial charge in [-0.3, -0.25) is 19.5 Å². The first-order chi connectivity index (χ1) is 8.68. The highest BCUT2D eigenvalue weighted by Gasteiger charge is 2.29. The molecule has 0 saturated carbocycles. The van der Waals surface area contributed by atoms with Gasteiger partial charge in [-0.05, 0) is 19.4 Å². The summed E-state index contributed by atoms with van der Waals surface area (Å²) in [6, 6.07) is -0.556. The number of piperidine rings is 1. The Morgan fingerprint density at radius 2 is 2.22 bits per heavy atom. The number of carboxylic acid groups (broad SMARTS) is 1. The van der Waals surface area contributed by atoms with Crippen LogP contribution in [-0.4, -0.2) is 50.9 Å². The fourth-order valence-corrected chi connectivity index (χ4v) is 2.17. The lowest BCUT2D eigenvalue weighted by molar-refractivity contribution is -0.144.